The highest BCUT2D eigenvalue weighted by atomic mass is 32.2. The number of hydrogen-bond acceptors (Lipinski definition) is 3. The van der Waals surface area contributed by atoms with Gasteiger partial charge in [0.15, 0.2) is 0 Å². The van der Waals surface area contributed by atoms with Gasteiger partial charge in [0.05, 0.1) is 5.75 Å². The van der Waals surface area contributed by atoms with Crippen molar-refractivity contribution in [2.75, 3.05) is 12.3 Å². The minimum atomic E-state index is -3.09. The van der Waals surface area contributed by atoms with Crippen LogP contribution in [0.15, 0.2) is 0 Å². The zero-order valence-electron chi connectivity index (χ0n) is 9.41. The Balaban J connectivity index is 2.34. The molecule has 1 rings (SSSR count). The molecular formula is C10H22N2O2S. The van der Waals surface area contributed by atoms with E-state index in [1.165, 1.54) is 0 Å². The lowest BCUT2D eigenvalue weighted by atomic mass is 10.1. The Morgan fingerprint density at radius 2 is 2.13 bits per heavy atom. The van der Waals surface area contributed by atoms with Gasteiger partial charge in [-0.2, -0.15) is 0 Å². The van der Waals surface area contributed by atoms with Crippen molar-refractivity contribution >= 4 is 10.0 Å². The molecular weight excluding hydrogens is 212 g/mol. The van der Waals surface area contributed by atoms with Crippen molar-refractivity contribution in [1.29, 1.82) is 0 Å². The molecule has 0 aromatic carbocycles. The Labute approximate surface area is 92.7 Å². The molecule has 0 amide bonds. The van der Waals surface area contributed by atoms with Crippen LogP contribution in [0.2, 0.25) is 0 Å². The SMILES string of the molecule is CCCCC(CN)NS(=O)(=O)CC1CC1. The molecule has 0 heterocycles. The van der Waals surface area contributed by atoms with Gasteiger partial charge in [-0.3, -0.25) is 0 Å². The van der Waals surface area contributed by atoms with Crippen molar-refractivity contribution in [3.8, 4) is 0 Å². The van der Waals surface area contributed by atoms with Crippen LogP contribution in [-0.4, -0.2) is 26.8 Å². The third kappa shape index (κ3) is 5.49. The van der Waals surface area contributed by atoms with Crippen molar-refractivity contribution in [1.82, 2.24) is 4.72 Å². The molecule has 90 valence electrons. The molecule has 15 heavy (non-hydrogen) atoms. The molecule has 4 nitrogen and oxygen atoms in total. The summed E-state index contributed by atoms with van der Waals surface area (Å²) in [5, 5.41) is 0. The Bertz CT molecular complexity index is 273. The fraction of sp³-hybridized carbons (Fsp3) is 1.00. The maximum atomic E-state index is 11.6. The van der Waals surface area contributed by atoms with E-state index >= 15 is 0 Å². The molecule has 5 heteroatoms. The average molecular weight is 234 g/mol. The molecule has 0 aliphatic heterocycles. The topological polar surface area (TPSA) is 72.2 Å². The minimum absolute atomic E-state index is 0.0753. The van der Waals surface area contributed by atoms with Crippen LogP contribution in [-0.2, 0) is 10.0 Å². The van der Waals surface area contributed by atoms with Crippen LogP contribution in [0.4, 0.5) is 0 Å². The highest BCUT2D eigenvalue weighted by molar-refractivity contribution is 7.89. The zero-order chi connectivity index (χ0) is 11.3. The summed E-state index contributed by atoms with van der Waals surface area (Å²) in [6.07, 6.45) is 5.05. The summed E-state index contributed by atoms with van der Waals surface area (Å²) in [5.41, 5.74) is 5.54. The Hall–Kier alpha value is -0.130. The van der Waals surface area contributed by atoms with Crippen LogP contribution in [0.25, 0.3) is 0 Å². The van der Waals surface area contributed by atoms with Gasteiger partial charge in [0.2, 0.25) is 10.0 Å². The van der Waals surface area contributed by atoms with Gasteiger partial charge in [-0.1, -0.05) is 19.8 Å². The number of nitrogens with one attached hydrogen (secondary N) is 1. The van der Waals surface area contributed by atoms with E-state index in [1.54, 1.807) is 0 Å². The summed E-state index contributed by atoms with van der Waals surface area (Å²) in [4.78, 5) is 0. The van der Waals surface area contributed by atoms with E-state index in [-0.39, 0.29) is 11.8 Å². The summed E-state index contributed by atoms with van der Waals surface area (Å²) in [6, 6.07) is -0.0753. The van der Waals surface area contributed by atoms with Gasteiger partial charge in [0.25, 0.3) is 0 Å². The molecule has 0 aromatic rings. The first-order valence-electron chi connectivity index (χ1n) is 5.77. The van der Waals surface area contributed by atoms with E-state index in [0.717, 1.165) is 32.1 Å². The molecule has 0 radical (unpaired) electrons. The third-order valence-electron chi connectivity index (χ3n) is 2.69. The van der Waals surface area contributed by atoms with Gasteiger partial charge in [0, 0.05) is 12.6 Å². The van der Waals surface area contributed by atoms with E-state index in [9.17, 15) is 8.42 Å². The Morgan fingerprint density at radius 3 is 2.60 bits per heavy atom. The Morgan fingerprint density at radius 1 is 1.47 bits per heavy atom. The van der Waals surface area contributed by atoms with Gasteiger partial charge in [-0.25, -0.2) is 13.1 Å². The predicted molar refractivity (Wildman–Crippen MR) is 62.0 cm³/mol. The summed E-state index contributed by atoms with van der Waals surface area (Å²) in [6.45, 7) is 2.48. The molecule has 0 bridgehead atoms. The number of unbranched alkanes of at least 4 members (excludes halogenated alkanes) is 1. The quantitative estimate of drug-likeness (QED) is 0.653. The first-order chi connectivity index (χ1) is 7.07. The lowest BCUT2D eigenvalue weighted by molar-refractivity contribution is 0.514. The van der Waals surface area contributed by atoms with Crippen LogP contribution >= 0.6 is 0 Å². The average Bonchev–Trinajstić information content (AvgIpc) is 2.95. The summed E-state index contributed by atoms with van der Waals surface area (Å²) < 4.78 is 26.0. The van der Waals surface area contributed by atoms with Gasteiger partial charge in [-0.15, -0.1) is 0 Å². The molecule has 0 spiro atoms. The summed E-state index contributed by atoms with van der Waals surface area (Å²) in [5.74, 6) is 0.683. The van der Waals surface area contributed by atoms with Crippen molar-refractivity contribution in [3.05, 3.63) is 0 Å². The van der Waals surface area contributed by atoms with Gasteiger partial charge >= 0.3 is 0 Å². The van der Waals surface area contributed by atoms with Crippen molar-refractivity contribution in [3.63, 3.8) is 0 Å². The minimum Gasteiger partial charge on any atom is -0.329 e. The zero-order valence-corrected chi connectivity index (χ0v) is 10.2. The number of hydrogen-bond donors (Lipinski definition) is 2. The maximum absolute atomic E-state index is 11.6. The maximum Gasteiger partial charge on any atom is 0.212 e. The fourth-order valence-electron chi connectivity index (χ4n) is 1.57. The monoisotopic (exact) mass is 234 g/mol. The molecule has 0 aromatic heterocycles. The van der Waals surface area contributed by atoms with E-state index in [0.29, 0.717) is 12.5 Å². The van der Waals surface area contributed by atoms with Gasteiger partial charge in [-0.05, 0) is 25.2 Å². The van der Waals surface area contributed by atoms with Crippen LogP contribution in [0, 0.1) is 5.92 Å². The highest BCUT2D eigenvalue weighted by Gasteiger charge is 2.28. The molecule has 1 aliphatic rings. The number of rotatable bonds is 8. The summed E-state index contributed by atoms with van der Waals surface area (Å²) in [7, 11) is -3.09. The number of sulfonamides is 1. The van der Waals surface area contributed by atoms with E-state index in [1.807, 2.05) is 0 Å². The number of nitrogens with two attached hydrogens (primary N) is 1. The molecule has 1 unspecified atom stereocenters. The van der Waals surface area contributed by atoms with Crippen LogP contribution < -0.4 is 10.5 Å². The van der Waals surface area contributed by atoms with Crippen LogP contribution in [0.3, 0.4) is 0 Å². The van der Waals surface area contributed by atoms with Gasteiger partial charge in [0.1, 0.15) is 0 Å². The second-order valence-corrected chi connectivity index (χ2v) is 6.22. The third-order valence-corrected chi connectivity index (χ3v) is 4.29. The van der Waals surface area contributed by atoms with Crippen LogP contribution in [0.1, 0.15) is 39.0 Å². The van der Waals surface area contributed by atoms with Crippen molar-refractivity contribution in [2.45, 2.75) is 45.1 Å². The summed E-state index contributed by atoms with van der Waals surface area (Å²) >= 11 is 0. The Kier molecular flexibility index (Phi) is 5.02. The molecule has 3 N–H and O–H groups in total. The normalized spacial score (nSPS) is 19.1. The van der Waals surface area contributed by atoms with E-state index in [4.69, 9.17) is 5.73 Å². The van der Waals surface area contributed by atoms with Crippen molar-refractivity contribution in [2.24, 2.45) is 11.7 Å². The molecule has 1 fully saturated rings. The lowest BCUT2D eigenvalue weighted by Crippen LogP contribution is -2.41. The largest absolute Gasteiger partial charge is 0.329 e. The van der Waals surface area contributed by atoms with Crippen LogP contribution in [0.5, 0.6) is 0 Å². The second kappa shape index (κ2) is 5.82. The fourth-order valence-corrected chi connectivity index (χ4v) is 3.34. The lowest BCUT2D eigenvalue weighted by Gasteiger charge is -2.16. The van der Waals surface area contributed by atoms with E-state index in [2.05, 4.69) is 11.6 Å². The van der Waals surface area contributed by atoms with Gasteiger partial charge < -0.3 is 5.73 Å². The standard InChI is InChI=1S/C10H22N2O2S/c1-2-3-4-10(7-11)12-15(13,14)8-9-5-6-9/h9-10,12H,2-8,11H2,1H3. The smallest absolute Gasteiger partial charge is 0.212 e. The van der Waals surface area contributed by atoms with Crippen molar-refractivity contribution < 1.29 is 8.42 Å². The predicted octanol–water partition coefficient (Wildman–Crippen LogP) is 0.833. The van der Waals surface area contributed by atoms with E-state index < -0.39 is 10.0 Å². The molecule has 1 aliphatic carbocycles. The molecule has 1 atom stereocenters. The first-order valence-corrected chi connectivity index (χ1v) is 7.42. The molecule has 0 saturated heterocycles. The second-order valence-electron chi connectivity index (χ2n) is 4.42. The highest BCUT2D eigenvalue weighted by Crippen LogP contribution is 2.30. The first kappa shape index (κ1) is 12.9. The molecule has 1 saturated carbocycles.